The average Bonchev–Trinajstić information content (AvgIpc) is 2.87. The molecule has 0 amide bonds. The van der Waals surface area contributed by atoms with Crippen molar-refractivity contribution in [2.45, 2.75) is 12.8 Å². The molecule has 104 valence electrons. The summed E-state index contributed by atoms with van der Waals surface area (Å²) in [6, 6.07) is 8.30. The van der Waals surface area contributed by atoms with Gasteiger partial charge in [-0.2, -0.15) is 0 Å². The third-order valence-corrected chi connectivity index (χ3v) is 4.00. The van der Waals surface area contributed by atoms with E-state index in [0.29, 0.717) is 22.3 Å². The lowest BCUT2D eigenvalue weighted by Crippen LogP contribution is -2.15. The number of carbonyl (C=O) groups excluding carboxylic acids is 2. The maximum Gasteiger partial charge on any atom is 0.235 e. The van der Waals surface area contributed by atoms with Crippen LogP contribution in [0.2, 0.25) is 0 Å². The molecule has 4 nitrogen and oxygen atoms in total. The van der Waals surface area contributed by atoms with E-state index in [1.165, 1.54) is 6.20 Å². The van der Waals surface area contributed by atoms with Gasteiger partial charge in [-0.3, -0.25) is 9.59 Å². The number of pyridine rings is 1. The van der Waals surface area contributed by atoms with Crippen LogP contribution in [0.1, 0.15) is 38.3 Å². The Morgan fingerprint density at radius 2 is 1.76 bits per heavy atom. The number of aryl methyl sites for hydroxylation is 1. The van der Waals surface area contributed by atoms with Gasteiger partial charge in [-0.05, 0) is 58.1 Å². The predicted octanol–water partition coefficient (Wildman–Crippen LogP) is 3.22. The minimum atomic E-state index is -0.567. The standard InChI is InChI=1S/C16H11BrN2O2/c17-14-6-3-11(8-19-14)16(21)15(20)10-1-4-12-9(7-10)2-5-13(12)18/h1,3-4,6-8,18H,2,5H2. The Morgan fingerprint density at radius 3 is 2.48 bits per heavy atom. The quantitative estimate of drug-likeness (QED) is 0.528. The van der Waals surface area contributed by atoms with Gasteiger partial charge in [-0.15, -0.1) is 0 Å². The fraction of sp³-hybridized carbons (Fsp3) is 0.125. The van der Waals surface area contributed by atoms with Crippen LogP contribution < -0.4 is 0 Å². The number of hydrogen-bond acceptors (Lipinski definition) is 4. The largest absolute Gasteiger partial charge is 0.305 e. The third kappa shape index (κ3) is 2.56. The monoisotopic (exact) mass is 342 g/mol. The molecule has 0 radical (unpaired) electrons. The summed E-state index contributed by atoms with van der Waals surface area (Å²) in [6.07, 6.45) is 2.83. The Bertz CT molecular complexity index is 766. The number of benzene rings is 1. The van der Waals surface area contributed by atoms with Crippen molar-refractivity contribution in [2.75, 3.05) is 0 Å². The molecule has 0 bridgehead atoms. The number of carbonyl (C=O) groups is 2. The van der Waals surface area contributed by atoms with Gasteiger partial charge in [0.1, 0.15) is 4.60 Å². The van der Waals surface area contributed by atoms with Crippen molar-refractivity contribution in [3.63, 3.8) is 0 Å². The van der Waals surface area contributed by atoms with Crippen LogP contribution in [0.5, 0.6) is 0 Å². The van der Waals surface area contributed by atoms with Gasteiger partial charge in [0.2, 0.25) is 11.6 Å². The lowest BCUT2D eigenvalue weighted by Gasteiger charge is -2.04. The highest BCUT2D eigenvalue weighted by atomic mass is 79.9. The van der Waals surface area contributed by atoms with Crippen LogP contribution in [0.4, 0.5) is 0 Å². The molecular formula is C16H11BrN2O2. The first-order valence-electron chi connectivity index (χ1n) is 6.47. The summed E-state index contributed by atoms with van der Waals surface area (Å²) in [7, 11) is 0. The summed E-state index contributed by atoms with van der Waals surface area (Å²) >= 11 is 3.19. The van der Waals surface area contributed by atoms with Crippen molar-refractivity contribution >= 4 is 33.2 Å². The van der Waals surface area contributed by atoms with Gasteiger partial charge in [0.05, 0.1) is 0 Å². The molecule has 1 aromatic carbocycles. The molecular weight excluding hydrogens is 332 g/mol. The van der Waals surface area contributed by atoms with E-state index in [1.54, 1.807) is 30.3 Å². The zero-order valence-corrected chi connectivity index (χ0v) is 12.6. The van der Waals surface area contributed by atoms with E-state index in [2.05, 4.69) is 20.9 Å². The number of nitrogens with zero attached hydrogens (tertiary/aromatic N) is 1. The van der Waals surface area contributed by atoms with Crippen LogP contribution in [0.25, 0.3) is 0 Å². The minimum Gasteiger partial charge on any atom is -0.305 e. The molecule has 0 fully saturated rings. The van der Waals surface area contributed by atoms with E-state index < -0.39 is 11.6 Å². The molecule has 0 spiro atoms. The van der Waals surface area contributed by atoms with E-state index in [9.17, 15) is 9.59 Å². The van der Waals surface area contributed by atoms with Crippen molar-refractivity contribution in [3.8, 4) is 0 Å². The van der Waals surface area contributed by atoms with Gasteiger partial charge in [0.25, 0.3) is 0 Å². The maximum atomic E-state index is 12.3. The molecule has 0 unspecified atom stereocenters. The van der Waals surface area contributed by atoms with Crippen molar-refractivity contribution in [1.29, 1.82) is 5.41 Å². The normalized spacial score (nSPS) is 13.1. The first-order chi connectivity index (χ1) is 10.1. The number of hydrogen-bond donors (Lipinski definition) is 1. The SMILES string of the molecule is N=C1CCc2cc(C(=O)C(=O)c3ccc(Br)nc3)ccc21. The smallest absolute Gasteiger partial charge is 0.235 e. The molecule has 21 heavy (non-hydrogen) atoms. The first kappa shape index (κ1) is 13.8. The Kier molecular flexibility index (Phi) is 3.51. The maximum absolute atomic E-state index is 12.3. The number of ketones is 2. The fourth-order valence-corrected chi connectivity index (χ4v) is 2.64. The Morgan fingerprint density at radius 1 is 1.05 bits per heavy atom. The topological polar surface area (TPSA) is 70.9 Å². The van der Waals surface area contributed by atoms with Crippen LogP contribution in [0.3, 0.4) is 0 Å². The summed E-state index contributed by atoms with van der Waals surface area (Å²) in [6.45, 7) is 0. The molecule has 3 rings (SSSR count). The van der Waals surface area contributed by atoms with Gasteiger partial charge in [0, 0.05) is 23.0 Å². The molecule has 2 aromatic rings. The van der Waals surface area contributed by atoms with Crippen molar-refractivity contribution in [3.05, 3.63) is 63.4 Å². The van der Waals surface area contributed by atoms with E-state index >= 15 is 0 Å². The van der Waals surface area contributed by atoms with E-state index in [4.69, 9.17) is 5.41 Å². The van der Waals surface area contributed by atoms with Gasteiger partial charge in [-0.25, -0.2) is 4.98 Å². The lowest BCUT2D eigenvalue weighted by molar-refractivity contribution is 0.0816. The average molecular weight is 343 g/mol. The minimum absolute atomic E-state index is 0.274. The van der Waals surface area contributed by atoms with Crippen LogP contribution in [0, 0.1) is 5.41 Å². The molecule has 0 saturated heterocycles. The zero-order chi connectivity index (χ0) is 15.0. The number of Topliss-reactive ketones (excluding diaryl/α,β-unsaturated/α-hetero) is 2. The Balaban J connectivity index is 1.90. The van der Waals surface area contributed by atoms with Crippen LogP contribution >= 0.6 is 15.9 Å². The second-order valence-electron chi connectivity index (χ2n) is 4.88. The molecule has 1 aromatic heterocycles. The first-order valence-corrected chi connectivity index (χ1v) is 7.27. The van der Waals surface area contributed by atoms with Crippen LogP contribution in [-0.4, -0.2) is 22.3 Å². The number of aromatic nitrogens is 1. The van der Waals surface area contributed by atoms with Crippen LogP contribution in [-0.2, 0) is 6.42 Å². The van der Waals surface area contributed by atoms with E-state index in [1.807, 2.05) is 0 Å². The molecule has 1 aliphatic carbocycles. The number of halogens is 1. The zero-order valence-electron chi connectivity index (χ0n) is 11.0. The van der Waals surface area contributed by atoms with Gasteiger partial charge in [0.15, 0.2) is 0 Å². The molecule has 1 aliphatic rings. The highest BCUT2D eigenvalue weighted by molar-refractivity contribution is 9.10. The fourth-order valence-electron chi connectivity index (χ4n) is 2.40. The highest BCUT2D eigenvalue weighted by Gasteiger charge is 2.22. The summed E-state index contributed by atoms with van der Waals surface area (Å²) in [5.74, 6) is -1.11. The third-order valence-electron chi connectivity index (χ3n) is 3.53. The number of fused-ring (bicyclic) bond motifs is 1. The molecule has 1 heterocycles. The number of rotatable bonds is 3. The Labute approximate surface area is 129 Å². The van der Waals surface area contributed by atoms with Gasteiger partial charge in [-0.1, -0.05) is 12.1 Å². The van der Waals surface area contributed by atoms with Crippen molar-refractivity contribution in [2.24, 2.45) is 0 Å². The van der Waals surface area contributed by atoms with Crippen molar-refractivity contribution < 1.29 is 9.59 Å². The number of nitrogens with one attached hydrogen (secondary N) is 1. The Hall–Kier alpha value is -2.14. The van der Waals surface area contributed by atoms with Gasteiger partial charge < -0.3 is 5.41 Å². The summed E-state index contributed by atoms with van der Waals surface area (Å²) in [5, 5.41) is 7.78. The second kappa shape index (κ2) is 5.33. The van der Waals surface area contributed by atoms with Gasteiger partial charge >= 0.3 is 0 Å². The second-order valence-corrected chi connectivity index (χ2v) is 5.69. The lowest BCUT2D eigenvalue weighted by atomic mass is 9.99. The molecule has 0 saturated carbocycles. The summed E-state index contributed by atoms with van der Waals surface area (Å²) < 4.78 is 0.613. The highest BCUT2D eigenvalue weighted by Crippen LogP contribution is 2.23. The van der Waals surface area contributed by atoms with E-state index in [-0.39, 0.29) is 5.56 Å². The summed E-state index contributed by atoms with van der Waals surface area (Å²) in [5.41, 5.74) is 3.08. The molecule has 1 N–H and O–H groups in total. The predicted molar refractivity (Wildman–Crippen MR) is 82.2 cm³/mol. The molecule has 5 heteroatoms. The molecule has 0 aliphatic heterocycles. The molecule has 0 atom stereocenters. The summed E-state index contributed by atoms with van der Waals surface area (Å²) in [4.78, 5) is 28.4. The van der Waals surface area contributed by atoms with E-state index in [0.717, 1.165) is 17.5 Å². The van der Waals surface area contributed by atoms with Crippen molar-refractivity contribution in [1.82, 2.24) is 4.98 Å². The van der Waals surface area contributed by atoms with Crippen LogP contribution in [0.15, 0.2) is 41.1 Å².